The molecule has 1 amide bonds. The van der Waals surface area contributed by atoms with E-state index in [9.17, 15) is 4.79 Å². The second-order valence-corrected chi connectivity index (χ2v) is 5.04. The molecule has 0 aromatic rings. The normalized spacial score (nSPS) is 25.9. The molecule has 1 aliphatic rings. The molecule has 0 aromatic carbocycles. The quantitative estimate of drug-likeness (QED) is 0.708. The SMILES string of the molecule is CC(C)C(C#N)C(=O)N(C)CC1CC1C. The summed E-state index contributed by atoms with van der Waals surface area (Å²) in [6, 6.07) is 2.10. The molecule has 0 saturated heterocycles. The van der Waals surface area contributed by atoms with Gasteiger partial charge in [0.2, 0.25) is 5.91 Å². The van der Waals surface area contributed by atoms with Gasteiger partial charge >= 0.3 is 0 Å². The van der Waals surface area contributed by atoms with Crippen molar-refractivity contribution in [3.63, 3.8) is 0 Å². The predicted octanol–water partition coefficient (Wildman–Crippen LogP) is 1.90. The maximum Gasteiger partial charge on any atom is 0.239 e. The van der Waals surface area contributed by atoms with Crippen LogP contribution in [0.4, 0.5) is 0 Å². The minimum Gasteiger partial charge on any atom is -0.344 e. The maximum atomic E-state index is 11.9. The lowest BCUT2D eigenvalue weighted by atomic mass is 9.96. The van der Waals surface area contributed by atoms with Crippen LogP contribution in [0.3, 0.4) is 0 Å². The Balaban J connectivity index is 2.47. The molecule has 1 fully saturated rings. The van der Waals surface area contributed by atoms with E-state index in [0.717, 1.165) is 12.5 Å². The van der Waals surface area contributed by atoms with E-state index < -0.39 is 5.92 Å². The number of rotatable bonds is 4. The first-order chi connectivity index (χ1) is 6.97. The van der Waals surface area contributed by atoms with E-state index in [0.29, 0.717) is 5.92 Å². The number of amides is 1. The minimum absolute atomic E-state index is 0.0217. The van der Waals surface area contributed by atoms with Gasteiger partial charge in [0.25, 0.3) is 0 Å². The van der Waals surface area contributed by atoms with Crippen molar-refractivity contribution < 1.29 is 4.79 Å². The number of hydrogen-bond acceptors (Lipinski definition) is 2. The first-order valence-corrected chi connectivity index (χ1v) is 5.62. The average Bonchev–Trinajstić information content (AvgIpc) is 2.81. The third-order valence-corrected chi connectivity index (χ3v) is 3.23. The standard InChI is InChI=1S/C12H20N2O/c1-8(2)11(6-13)12(15)14(4)7-10-5-9(10)3/h8-11H,5,7H2,1-4H3. The zero-order valence-electron chi connectivity index (χ0n) is 10.0. The summed E-state index contributed by atoms with van der Waals surface area (Å²) >= 11 is 0. The van der Waals surface area contributed by atoms with Gasteiger partial charge in [0.15, 0.2) is 0 Å². The Bertz CT molecular complexity index is 280. The Hall–Kier alpha value is -1.04. The molecule has 1 aliphatic carbocycles. The van der Waals surface area contributed by atoms with Crippen molar-refractivity contribution in [2.24, 2.45) is 23.7 Å². The lowest BCUT2D eigenvalue weighted by Crippen LogP contribution is -2.36. The summed E-state index contributed by atoms with van der Waals surface area (Å²) in [5.74, 6) is 1.00. The van der Waals surface area contributed by atoms with Crippen molar-refractivity contribution in [3.8, 4) is 6.07 Å². The third kappa shape index (κ3) is 2.95. The van der Waals surface area contributed by atoms with Crippen molar-refractivity contribution in [2.75, 3.05) is 13.6 Å². The molecule has 1 saturated carbocycles. The van der Waals surface area contributed by atoms with E-state index in [1.54, 1.807) is 11.9 Å². The molecule has 0 radical (unpaired) electrons. The van der Waals surface area contributed by atoms with Crippen molar-refractivity contribution in [3.05, 3.63) is 0 Å². The Morgan fingerprint density at radius 1 is 1.60 bits per heavy atom. The van der Waals surface area contributed by atoms with Gasteiger partial charge in [-0.2, -0.15) is 5.26 Å². The monoisotopic (exact) mass is 208 g/mol. The van der Waals surface area contributed by atoms with Gasteiger partial charge in [0.05, 0.1) is 6.07 Å². The molecule has 0 aromatic heterocycles. The summed E-state index contributed by atoms with van der Waals surface area (Å²) in [6.45, 7) is 6.84. The van der Waals surface area contributed by atoms with E-state index in [1.165, 1.54) is 6.42 Å². The molecule has 0 N–H and O–H groups in total. The average molecular weight is 208 g/mol. The molecule has 15 heavy (non-hydrogen) atoms. The van der Waals surface area contributed by atoms with Crippen molar-refractivity contribution in [1.82, 2.24) is 4.90 Å². The van der Waals surface area contributed by atoms with Crippen LogP contribution in [-0.2, 0) is 4.79 Å². The van der Waals surface area contributed by atoms with Crippen molar-refractivity contribution >= 4 is 5.91 Å². The molecule has 0 bridgehead atoms. The van der Waals surface area contributed by atoms with Gasteiger partial charge in [-0.15, -0.1) is 0 Å². The maximum absolute atomic E-state index is 11.9. The first-order valence-electron chi connectivity index (χ1n) is 5.62. The van der Waals surface area contributed by atoms with Crippen LogP contribution in [0.2, 0.25) is 0 Å². The summed E-state index contributed by atoms with van der Waals surface area (Å²) in [5, 5.41) is 8.92. The van der Waals surface area contributed by atoms with Crippen LogP contribution in [0.1, 0.15) is 27.2 Å². The summed E-state index contributed by atoms with van der Waals surface area (Å²) in [7, 11) is 1.81. The Morgan fingerprint density at radius 3 is 2.47 bits per heavy atom. The number of nitrogens with zero attached hydrogens (tertiary/aromatic N) is 2. The first kappa shape index (κ1) is 12.0. The summed E-state index contributed by atoms with van der Waals surface area (Å²) in [6.07, 6.45) is 1.22. The number of carbonyl (C=O) groups excluding carboxylic acids is 1. The van der Waals surface area contributed by atoms with Crippen LogP contribution in [0.15, 0.2) is 0 Å². The molecule has 84 valence electrons. The van der Waals surface area contributed by atoms with Crippen LogP contribution in [-0.4, -0.2) is 24.4 Å². The smallest absolute Gasteiger partial charge is 0.239 e. The zero-order valence-corrected chi connectivity index (χ0v) is 10.0. The molecule has 3 heteroatoms. The topological polar surface area (TPSA) is 44.1 Å². The third-order valence-electron chi connectivity index (χ3n) is 3.23. The molecule has 0 aliphatic heterocycles. The van der Waals surface area contributed by atoms with Crippen LogP contribution in [0, 0.1) is 35.0 Å². The molecule has 3 unspecified atom stereocenters. The van der Waals surface area contributed by atoms with Crippen molar-refractivity contribution in [1.29, 1.82) is 5.26 Å². The largest absolute Gasteiger partial charge is 0.344 e. The van der Waals surface area contributed by atoms with Crippen LogP contribution >= 0.6 is 0 Å². The molecule has 3 nitrogen and oxygen atoms in total. The number of nitriles is 1. The fourth-order valence-electron chi connectivity index (χ4n) is 1.82. The van der Waals surface area contributed by atoms with E-state index in [4.69, 9.17) is 5.26 Å². The molecular formula is C12H20N2O. The second-order valence-electron chi connectivity index (χ2n) is 5.04. The summed E-state index contributed by atoms with van der Waals surface area (Å²) < 4.78 is 0. The highest BCUT2D eigenvalue weighted by atomic mass is 16.2. The fourth-order valence-corrected chi connectivity index (χ4v) is 1.82. The second kappa shape index (κ2) is 4.65. The van der Waals surface area contributed by atoms with Gasteiger partial charge in [0, 0.05) is 13.6 Å². The Labute approximate surface area is 92.1 Å². The van der Waals surface area contributed by atoms with Gasteiger partial charge in [0.1, 0.15) is 5.92 Å². The van der Waals surface area contributed by atoms with E-state index in [2.05, 4.69) is 13.0 Å². The van der Waals surface area contributed by atoms with E-state index >= 15 is 0 Å². The fraction of sp³-hybridized carbons (Fsp3) is 0.833. The molecule has 0 heterocycles. The lowest BCUT2D eigenvalue weighted by Gasteiger charge is -2.21. The van der Waals surface area contributed by atoms with Gasteiger partial charge in [-0.3, -0.25) is 4.79 Å². The number of hydrogen-bond donors (Lipinski definition) is 0. The summed E-state index contributed by atoms with van der Waals surface area (Å²) in [5.41, 5.74) is 0. The molecule has 1 rings (SSSR count). The highest BCUT2D eigenvalue weighted by Gasteiger charge is 2.35. The Kier molecular flexibility index (Phi) is 3.73. The highest BCUT2D eigenvalue weighted by molar-refractivity contribution is 5.81. The zero-order chi connectivity index (χ0) is 11.6. The van der Waals surface area contributed by atoms with Gasteiger partial charge in [-0.25, -0.2) is 0 Å². The molecule has 3 atom stereocenters. The molecular weight excluding hydrogens is 188 g/mol. The van der Waals surface area contributed by atoms with Crippen LogP contribution in [0.25, 0.3) is 0 Å². The minimum atomic E-state index is -0.482. The van der Waals surface area contributed by atoms with E-state index in [1.807, 2.05) is 13.8 Å². The summed E-state index contributed by atoms with van der Waals surface area (Å²) in [4.78, 5) is 13.6. The highest BCUT2D eigenvalue weighted by Crippen LogP contribution is 2.38. The van der Waals surface area contributed by atoms with Gasteiger partial charge in [-0.1, -0.05) is 20.8 Å². The lowest BCUT2D eigenvalue weighted by molar-refractivity contribution is -0.133. The predicted molar refractivity (Wildman–Crippen MR) is 58.8 cm³/mol. The van der Waals surface area contributed by atoms with Crippen LogP contribution < -0.4 is 0 Å². The van der Waals surface area contributed by atoms with Gasteiger partial charge < -0.3 is 4.90 Å². The number of carbonyl (C=O) groups is 1. The van der Waals surface area contributed by atoms with Crippen molar-refractivity contribution in [2.45, 2.75) is 27.2 Å². The molecule has 0 spiro atoms. The van der Waals surface area contributed by atoms with Crippen LogP contribution in [0.5, 0.6) is 0 Å². The van der Waals surface area contributed by atoms with Gasteiger partial charge in [-0.05, 0) is 24.2 Å². The van der Waals surface area contributed by atoms with E-state index in [-0.39, 0.29) is 11.8 Å². The Morgan fingerprint density at radius 2 is 2.13 bits per heavy atom.